The molecule has 1 atom stereocenters. The van der Waals surface area contributed by atoms with Crippen molar-refractivity contribution in [2.24, 2.45) is 0 Å². The summed E-state index contributed by atoms with van der Waals surface area (Å²) in [7, 11) is 3.25. The number of ether oxygens (including phenoxy) is 2. The van der Waals surface area contributed by atoms with E-state index in [1.54, 1.807) is 32.7 Å². The summed E-state index contributed by atoms with van der Waals surface area (Å²) in [6.07, 6.45) is 3.41. The molecule has 2 rings (SSSR count). The van der Waals surface area contributed by atoms with Gasteiger partial charge in [-0.25, -0.2) is 9.97 Å². The second kappa shape index (κ2) is 6.04. The molecule has 100 valence electrons. The Bertz CT molecular complexity index is 531. The average Bonchev–Trinajstić information content (AvgIpc) is 2.47. The first-order valence-corrected chi connectivity index (χ1v) is 6.00. The highest BCUT2D eigenvalue weighted by Crippen LogP contribution is 2.30. The Labute approximate surface area is 112 Å². The van der Waals surface area contributed by atoms with Crippen LogP contribution in [0, 0.1) is 0 Å². The maximum atomic E-state index is 5.29. The van der Waals surface area contributed by atoms with Crippen LogP contribution in [0.15, 0.2) is 36.7 Å². The summed E-state index contributed by atoms with van der Waals surface area (Å²) in [5.74, 6) is 2.03. The van der Waals surface area contributed by atoms with Gasteiger partial charge in [0, 0.05) is 12.4 Å². The molecule has 2 aromatic rings. The van der Waals surface area contributed by atoms with Crippen molar-refractivity contribution in [2.75, 3.05) is 19.5 Å². The average molecular weight is 259 g/mol. The number of anilines is 1. The number of hydrogen-bond acceptors (Lipinski definition) is 5. The fourth-order valence-electron chi connectivity index (χ4n) is 1.77. The summed E-state index contributed by atoms with van der Waals surface area (Å²) < 4.78 is 10.5. The zero-order valence-electron chi connectivity index (χ0n) is 11.3. The topological polar surface area (TPSA) is 56.3 Å². The van der Waals surface area contributed by atoms with E-state index in [1.807, 2.05) is 25.1 Å². The first kappa shape index (κ1) is 13.1. The molecule has 0 fully saturated rings. The highest BCUT2D eigenvalue weighted by Gasteiger charge is 2.10. The third-order valence-corrected chi connectivity index (χ3v) is 2.82. The molecule has 1 unspecified atom stereocenters. The van der Waals surface area contributed by atoms with Gasteiger partial charge in [-0.3, -0.25) is 0 Å². The van der Waals surface area contributed by atoms with E-state index in [0.717, 1.165) is 11.3 Å². The number of aromatic nitrogens is 2. The van der Waals surface area contributed by atoms with Gasteiger partial charge in [-0.2, -0.15) is 0 Å². The Morgan fingerprint density at radius 2 is 1.74 bits per heavy atom. The molecule has 5 nitrogen and oxygen atoms in total. The van der Waals surface area contributed by atoms with E-state index in [1.165, 1.54) is 0 Å². The Morgan fingerprint density at radius 3 is 2.37 bits per heavy atom. The molecule has 1 aromatic heterocycles. The summed E-state index contributed by atoms with van der Waals surface area (Å²) in [5.41, 5.74) is 1.07. The molecule has 19 heavy (non-hydrogen) atoms. The third-order valence-electron chi connectivity index (χ3n) is 2.82. The molecule has 0 amide bonds. The molecular formula is C14H17N3O2. The molecule has 0 saturated carbocycles. The van der Waals surface area contributed by atoms with Crippen molar-refractivity contribution < 1.29 is 9.47 Å². The van der Waals surface area contributed by atoms with Crippen LogP contribution in [0.25, 0.3) is 0 Å². The largest absolute Gasteiger partial charge is 0.493 e. The lowest BCUT2D eigenvalue weighted by Crippen LogP contribution is -2.09. The van der Waals surface area contributed by atoms with E-state index in [4.69, 9.17) is 9.47 Å². The molecule has 0 bridgehead atoms. The van der Waals surface area contributed by atoms with Gasteiger partial charge < -0.3 is 14.8 Å². The minimum atomic E-state index is 0.0715. The summed E-state index contributed by atoms with van der Waals surface area (Å²) >= 11 is 0. The molecule has 0 aliphatic carbocycles. The number of rotatable bonds is 5. The van der Waals surface area contributed by atoms with Crippen molar-refractivity contribution in [1.29, 1.82) is 0 Å². The van der Waals surface area contributed by atoms with E-state index in [0.29, 0.717) is 11.7 Å². The Hall–Kier alpha value is -2.30. The van der Waals surface area contributed by atoms with E-state index < -0.39 is 0 Å². The molecule has 5 heteroatoms. The highest BCUT2D eigenvalue weighted by atomic mass is 16.5. The van der Waals surface area contributed by atoms with Gasteiger partial charge in [-0.05, 0) is 30.7 Å². The quantitative estimate of drug-likeness (QED) is 0.894. The van der Waals surface area contributed by atoms with Crippen molar-refractivity contribution >= 4 is 5.95 Å². The van der Waals surface area contributed by atoms with Crippen molar-refractivity contribution in [3.05, 3.63) is 42.2 Å². The number of benzene rings is 1. The maximum absolute atomic E-state index is 5.29. The molecule has 1 aromatic carbocycles. The molecule has 1 heterocycles. The number of nitrogens with zero attached hydrogens (tertiary/aromatic N) is 2. The van der Waals surface area contributed by atoms with Gasteiger partial charge in [0.25, 0.3) is 0 Å². The van der Waals surface area contributed by atoms with Crippen molar-refractivity contribution in [3.8, 4) is 11.5 Å². The second-order valence-electron chi connectivity index (χ2n) is 4.05. The monoisotopic (exact) mass is 259 g/mol. The Morgan fingerprint density at radius 1 is 1.05 bits per heavy atom. The molecule has 0 radical (unpaired) electrons. The van der Waals surface area contributed by atoms with Crippen LogP contribution in [0.3, 0.4) is 0 Å². The highest BCUT2D eigenvalue weighted by molar-refractivity contribution is 5.45. The lowest BCUT2D eigenvalue weighted by Gasteiger charge is -2.16. The second-order valence-corrected chi connectivity index (χ2v) is 4.05. The van der Waals surface area contributed by atoms with Crippen LogP contribution in [-0.4, -0.2) is 24.2 Å². The van der Waals surface area contributed by atoms with Crippen molar-refractivity contribution in [3.63, 3.8) is 0 Å². The van der Waals surface area contributed by atoms with Crippen LogP contribution in [0.4, 0.5) is 5.95 Å². The van der Waals surface area contributed by atoms with Crippen LogP contribution >= 0.6 is 0 Å². The molecule has 0 aliphatic rings. The van der Waals surface area contributed by atoms with Gasteiger partial charge in [0.05, 0.1) is 20.3 Å². The van der Waals surface area contributed by atoms with Crippen LogP contribution < -0.4 is 14.8 Å². The summed E-state index contributed by atoms with van der Waals surface area (Å²) in [5, 5.41) is 3.23. The standard InChI is InChI=1S/C14H17N3O2/c1-10(17-14-15-7-4-8-16-14)11-5-6-12(18-2)13(9-11)19-3/h4-10H,1-3H3,(H,15,16,17). The van der Waals surface area contributed by atoms with Crippen LogP contribution in [0.5, 0.6) is 11.5 Å². The maximum Gasteiger partial charge on any atom is 0.223 e. The van der Waals surface area contributed by atoms with E-state index >= 15 is 0 Å². The first-order chi connectivity index (χ1) is 9.24. The van der Waals surface area contributed by atoms with Gasteiger partial charge in [0.1, 0.15) is 0 Å². The lowest BCUT2D eigenvalue weighted by molar-refractivity contribution is 0.354. The van der Waals surface area contributed by atoms with Crippen LogP contribution in [-0.2, 0) is 0 Å². The van der Waals surface area contributed by atoms with E-state index in [9.17, 15) is 0 Å². The van der Waals surface area contributed by atoms with E-state index in [2.05, 4.69) is 15.3 Å². The predicted molar refractivity (Wildman–Crippen MR) is 73.6 cm³/mol. The van der Waals surface area contributed by atoms with Gasteiger partial charge in [0.15, 0.2) is 11.5 Å². The van der Waals surface area contributed by atoms with E-state index in [-0.39, 0.29) is 6.04 Å². The van der Waals surface area contributed by atoms with Crippen LogP contribution in [0.2, 0.25) is 0 Å². The van der Waals surface area contributed by atoms with Crippen molar-refractivity contribution in [2.45, 2.75) is 13.0 Å². The van der Waals surface area contributed by atoms with Crippen LogP contribution in [0.1, 0.15) is 18.5 Å². The van der Waals surface area contributed by atoms with Crippen molar-refractivity contribution in [1.82, 2.24) is 9.97 Å². The summed E-state index contributed by atoms with van der Waals surface area (Å²) in [6, 6.07) is 7.67. The number of hydrogen-bond donors (Lipinski definition) is 1. The fraction of sp³-hybridized carbons (Fsp3) is 0.286. The SMILES string of the molecule is COc1ccc(C(C)Nc2ncccn2)cc1OC. The Kier molecular flexibility index (Phi) is 4.18. The predicted octanol–water partition coefficient (Wildman–Crippen LogP) is 2.67. The zero-order chi connectivity index (χ0) is 13.7. The molecular weight excluding hydrogens is 242 g/mol. The molecule has 0 saturated heterocycles. The minimum Gasteiger partial charge on any atom is -0.493 e. The Balaban J connectivity index is 2.17. The lowest BCUT2D eigenvalue weighted by atomic mass is 10.1. The first-order valence-electron chi connectivity index (χ1n) is 6.00. The van der Waals surface area contributed by atoms with Gasteiger partial charge in [-0.15, -0.1) is 0 Å². The molecule has 0 aliphatic heterocycles. The fourth-order valence-corrected chi connectivity index (χ4v) is 1.77. The minimum absolute atomic E-state index is 0.0715. The van der Waals surface area contributed by atoms with Gasteiger partial charge in [0.2, 0.25) is 5.95 Å². The normalized spacial score (nSPS) is 11.7. The summed E-state index contributed by atoms with van der Waals surface area (Å²) in [6.45, 7) is 2.04. The van der Waals surface area contributed by atoms with Gasteiger partial charge in [-0.1, -0.05) is 6.07 Å². The number of nitrogens with one attached hydrogen (secondary N) is 1. The zero-order valence-corrected chi connectivity index (χ0v) is 11.3. The summed E-state index contributed by atoms with van der Waals surface area (Å²) in [4.78, 5) is 8.28. The molecule has 0 spiro atoms. The van der Waals surface area contributed by atoms with Gasteiger partial charge >= 0.3 is 0 Å². The smallest absolute Gasteiger partial charge is 0.223 e. The number of methoxy groups -OCH3 is 2. The molecule has 1 N–H and O–H groups in total. The third kappa shape index (κ3) is 3.13.